The number of hydrogen-bond acceptors (Lipinski definition) is 4. The Bertz CT molecular complexity index is 588. The number of nitrogen functional groups attached to an aromatic ring is 1. The van der Waals surface area contributed by atoms with Crippen molar-refractivity contribution in [2.75, 3.05) is 11.1 Å². The van der Waals surface area contributed by atoms with E-state index >= 15 is 0 Å². The van der Waals surface area contributed by atoms with Crippen molar-refractivity contribution in [1.29, 1.82) is 0 Å². The normalized spacial score (nSPS) is 10.1. The Labute approximate surface area is 110 Å². The Hall–Kier alpha value is -2.02. The van der Waals surface area contributed by atoms with Crippen molar-refractivity contribution >= 4 is 33.3 Å². The third-order valence-electron chi connectivity index (χ3n) is 2.12. The molecule has 0 unspecified atom stereocenters. The number of nitrogens with two attached hydrogens (primary N) is 1. The highest BCUT2D eigenvalue weighted by Gasteiger charge is 2.09. The van der Waals surface area contributed by atoms with Crippen LogP contribution in [0.3, 0.4) is 0 Å². The van der Waals surface area contributed by atoms with Crippen molar-refractivity contribution in [3.05, 3.63) is 46.6 Å². The predicted octanol–water partition coefficient (Wildman–Crippen LogP) is 2.21. The first-order valence-electron chi connectivity index (χ1n) is 4.90. The maximum Gasteiger partial charge on any atom is 0.256 e. The lowest BCUT2D eigenvalue weighted by atomic mass is 10.2. The summed E-state index contributed by atoms with van der Waals surface area (Å²) in [7, 11) is 0. The largest absolute Gasteiger partial charge is 0.396 e. The zero-order chi connectivity index (χ0) is 13.1. The summed E-state index contributed by atoms with van der Waals surface area (Å²) in [5, 5.41) is 2.52. The molecule has 1 amide bonds. The van der Waals surface area contributed by atoms with E-state index in [4.69, 9.17) is 5.73 Å². The molecule has 5 nitrogen and oxygen atoms in total. The van der Waals surface area contributed by atoms with Crippen molar-refractivity contribution in [3.63, 3.8) is 0 Å². The lowest BCUT2D eigenvalue weighted by molar-refractivity contribution is 0.102. The SMILES string of the molecule is Nc1cc(C(=O)Nc2cnc(Br)cn2)ccc1F. The summed E-state index contributed by atoms with van der Waals surface area (Å²) in [6, 6.07) is 3.74. The van der Waals surface area contributed by atoms with Gasteiger partial charge in [-0.3, -0.25) is 4.79 Å². The first-order valence-corrected chi connectivity index (χ1v) is 5.69. The van der Waals surface area contributed by atoms with Gasteiger partial charge < -0.3 is 11.1 Å². The van der Waals surface area contributed by atoms with Gasteiger partial charge in [-0.05, 0) is 34.1 Å². The van der Waals surface area contributed by atoms with Crippen LogP contribution in [0.25, 0.3) is 0 Å². The summed E-state index contributed by atoms with van der Waals surface area (Å²) in [5.41, 5.74) is 5.55. The molecular weight excluding hydrogens is 303 g/mol. The van der Waals surface area contributed by atoms with E-state index in [1.165, 1.54) is 24.5 Å². The Morgan fingerprint density at radius 3 is 2.72 bits per heavy atom. The van der Waals surface area contributed by atoms with Crippen LogP contribution in [0.2, 0.25) is 0 Å². The molecule has 18 heavy (non-hydrogen) atoms. The van der Waals surface area contributed by atoms with E-state index in [1.54, 1.807) is 0 Å². The monoisotopic (exact) mass is 310 g/mol. The van der Waals surface area contributed by atoms with Crippen LogP contribution in [0.15, 0.2) is 35.2 Å². The number of benzene rings is 1. The highest BCUT2D eigenvalue weighted by molar-refractivity contribution is 9.10. The Morgan fingerprint density at radius 2 is 2.11 bits per heavy atom. The van der Waals surface area contributed by atoms with Gasteiger partial charge in [0.2, 0.25) is 0 Å². The molecule has 0 aliphatic carbocycles. The lowest BCUT2D eigenvalue weighted by Crippen LogP contribution is -2.13. The van der Waals surface area contributed by atoms with Crippen LogP contribution in [-0.2, 0) is 0 Å². The number of anilines is 2. The second-order valence-electron chi connectivity index (χ2n) is 3.41. The van der Waals surface area contributed by atoms with Gasteiger partial charge in [-0.15, -0.1) is 0 Å². The van der Waals surface area contributed by atoms with E-state index in [1.807, 2.05) is 0 Å². The van der Waals surface area contributed by atoms with Crippen molar-refractivity contribution in [2.24, 2.45) is 0 Å². The number of nitrogens with one attached hydrogen (secondary N) is 1. The highest BCUT2D eigenvalue weighted by atomic mass is 79.9. The first kappa shape index (κ1) is 12.4. The van der Waals surface area contributed by atoms with Gasteiger partial charge in [-0.1, -0.05) is 0 Å². The van der Waals surface area contributed by atoms with Gasteiger partial charge in [0.05, 0.1) is 18.1 Å². The maximum absolute atomic E-state index is 12.9. The molecule has 0 saturated carbocycles. The van der Waals surface area contributed by atoms with E-state index in [9.17, 15) is 9.18 Å². The van der Waals surface area contributed by atoms with Crippen LogP contribution >= 0.6 is 15.9 Å². The molecule has 92 valence electrons. The molecule has 0 aliphatic rings. The van der Waals surface area contributed by atoms with Crippen molar-refractivity contribution in [3.8, 4) is 0 Å². The quantitative estimate of drug-likeness (QED) is 0.833. The Balaban J connectivity index is 2.16. The lowest BCUT2D eigenvalue weighted by Gasteiger charge is -2.05. The maximum atomic E-state index is 12.9. The summed E-state index contributed by atoms with van der Waals surface area (Å²) >= 11 is 3.13. The van der Waals surface area contributed by atoms with Crippen LogP contribution in [0, 0.1) is 5.82 Å². The minimum absolute atomic E-state index is 0.0791. The fourth-order valence-electron chi connectivity index (χ4n) is 1.25. The van der Waals surface area contributed by atoms with E-state index in [0.717, 1.165) is 6.07 Å². The second kappa shape index (κ2) is 5.09. The van der Waals surface area contributed by atoms with Crippen molar-refractivity contribution in [2.45, 2.75) is 0 Å². The van der Waals surface area contributed by atoms with Crippen molar-refractivity contribution < 1.29 is 9.18 Å². The van der Waals surface area contributed by atoms with Crippen LogP contribution < -0.4 is 11.1 Å². The number of aromatic nitrogens is 2. The predicted molar refractivity (Wildman–Crippen MR) is 68.5 cm³/mol. The van der Waals surface area contributed by atoms with E-state index in [0.29, 0.717) is 10.4 Å². The number of hydrogen-bond donors (Lipinski definition) is 2. The van der Waals surface area contributed by atoms with E-state index in [-0.39, 0.29) is 11.3 Å². The van der Waals surface area contributed by atoms with Crippen LogP contribution in [0.1, 0.15) is 10.4 Å². The molecular formula is C11H8BrFN4O. The number of rotatable bonds is 2. The number of amides is 1. The van der Waals surface area contributed by atoms with Gasteiger partial charge in [0.15, 0.2) is 5.82 Å². The summed E-state index contributed by atoms with van der Waals surface area (Å²) in [4.78, 5) is 19.6. The van der Waals surface area contributed by atoms with Gasteiger partial charge in [0, 0.05) is 5.56 Å². The van der Waals surface area contributed by atoms with E-state index in [2.05, 4.69) is 31.2 Å². The minimum Gasteiger partial charge on any atom is -0.396 e. The Kier molecular flexibility index (Phi) is 3.52. The molecule has 7 heteroatoms. The third kappa shape index (κ3) is 2.80. The highest BCUT2D eigenvalue weighted by Crippen LogP contribution is 2.14. The molecule has 1 aromatic heterocycles. The zero-order valence-electron chi connectivity index (χ0n) is 9.02. The zero-order valence-corrected chi connectivity index (χ0v) is 10.6. The fourth-order valence-corrected chi connectivity index (χ4v) is 1.46. The van der Waals surface area contributed by atoms with Crippen molar-refractivity contribution in [1.82, 2.24) is 9.97 Å². The molecule has 0 saturated heterocycles. The molecule has 0 bridgehead atoms. The molecule has 2 aromatic rings. The molecule has 1 aromatic carbocycles. The van der Waals surface area contributed by atoms with Crippen LogP contribution in [-0.4, -0.2) is 15.9 Å². The summed E-state index contributed by atoms with van der Waals surface area (Å²) in [6.07, 6.45) is 2.85. The standard InChI is InChI=1S/C11H8BrFN4O/c12-9-4-16-10(5-15-9)17-11(18)6-1-2-7(13)8(14)3-6/h1-5H,14H2,(H,16,17,18). The molecule has 3 N–H and O–H groups in total. The molecule has 1 heterocycles. The number of carbonyl (C=O) groups is 1. The average Bonchev–Trinajstić information content (AvgIpc) is 2.35. The molecule has 0 fully saturated rings. The summed E-state index contributed by atoms with van der Waals surface area (Å²) in [6.45, 7) is 0. The smallest absolute Gasteiger partial charge is 0.256 e. The summed E-state index contributed by atoms with van der Waals surface area (Å²) < 4.78 is 13.5. The van der Waals surface area contributed by atoms with Gasteiger partial charge in [-0.2, -0.15) is 0 Å². The molecule has 0 aliphatic heterocycles. The minimum atomic E-state index is -0.560. The molecule has 0 atom stereocenters. The number of carbonyl (C=O) groups excluding carboxylic acids is 1. The van der Waals surface area contributed by atoms with Crippen LogP contribution in [0.5, 0.6) is 0 Å². The second-order valence-corrected chi connectivity index (χ2v) is 4.23. The van der Waals surface area contributed by atoms with Crippen LogP contribution in [0.4, 0.5) is 15.9 Å². The topological polar surface area (TPSA) is 80.9 Å². The Morgan fingerprint density at radius 1 is 1.33 bits per heavy atom. The number of halogens is 2. The third-order valence-corrected chi connectivity index (χ3v) is 2.53. The average molecular weight is 311 g/mol. The van der Waals surface area contributed by atoms with Gasteiger partial charge in [0.1, 0.15) is 10.4 Å². The fraction of sp³-hybridized carbons (Fsp3) is 0. The molecule has 0 spiro atoms. The molecule has 2 rings (SSSR count). The number of nitrogens with zero attached hydrogens (tertiary/aromatic N) is 2. The van der Waals surface area contributed by atoms with E-state index < -0.39 is 11.7 Å². The first-order chi connectivity index (χ1) is 8.56. The summed E-state index contributed by atoms with van der Waals surface area (Å²) in [5.74, 6) is -0.695. The molecule has 0 radical (unpaired) electrons. The van der Waals surface area contributed by atoms with Gasteiger partial charge in [-0.25, -0.2) is 14.4 Å². The van der Waals surface area contributed by atoms with Gasteiger partial charge in [0.25, 0.3) is 5.91 Å². The van der Waals surface area contributed by atoms with Gasteiger partial charge >= 0.3 is 0 Å².